The SMILES string of the molecule is CCOc1ccccc1NC(=O)c1csc(Nc2cc(C)ccc2OC)n1. The first-order valence-corrected chi connectivity index (χ1v) is 9.39. The van der Waals surface area contributed by atoms with Gasteiger partial charge in [-0.1, -0.05) is 18.2 Å². The summed E-state index contributed by atoms with van der Waals surface area (Å²) in [5, 5.41) is 8.39. The molecule has 0 fully saturated rings. The van der Waals surface area contributed by atoms with Crippen molar-refractivity contribution in [2.75, 3.05) is 24.4 Å². The van der Waals surface area contributed by atoms with Crippen LogP contribution in [0.25, 0.3) is 0 Å². The van der Waals surface area contributed by atoms with Crippen LogP contribution < -0.4 is 20.1 Å². The van der Waals surface area contributed by atoms with Crippen LogP contribution in [-0.4, -0.2) is 24.6 Å². The third kappa shape index (κ3) is 4.57. The maximum absolute atomic E-state index is 12.5. The zero-order chi connectivity index (χ0) is 19.2. The van der Waals surface area contributed by atoms with Crippen LogP contribution >= 0.6 is 11.3 Å². The minimum Gasteiger partial charge on any atom is -0.495 e. The number of benzene rings is 2. The fourth-order valence-corrected chi connectivity index (χ4v) is 3.21. The molecule has 1 heterocycles. The quantitative estimate of drug-likeness (QED) is 0.610. The molecule has 27 heavy (non-hydrogen) atoms. The standard InChI is InChI=1S/C20H21N3O3S/c1-4-26-18-8-6-5-7-14(18)21-19(24)16-12-27-20(23-16)22-15-11-13(2)9-10-17(15)25-3/h5-12H,4H2,1-3H3,(H,21,24)(H,22,23). The van der Waals surface area contributed by atoms with Gasteiger partial charge in [0.05, 0.1) is 25.1 Å². The first kappa shape index (κ1) is 18.7. The van der Waals surface area contributed by atoms with E-state index in [-0.39, 0.29) is 5.91 Å². The Morgan fingerprint density at radius 3 is 2.74 bits per heavy atom. The number of nitrogens with one attached hydrogen (secondary N) is 2. The van der Waals surface area contributed by atoms with Crippen molar-refractivity contribution in [3.63, 3.8) is 0 Å². The molecule has 0 aliphatic carbocycles. The summed E-state index contributed by atoms with van der Waals surface area (Å²) >= 11 is 1.35. The fourth-order valence-electron chi connectivity index (χ4n) is 2.51. The molecule has 3 aromatic rings. The monoisotopic (exact) mass is 383 g/mol. The van der Waals surface area contributed by atoms with Gasteiger partial charge in [-0.25, -0.2) is 4.98 Å². The van der Waals surface area contributed by atoms with Gasteiger partial charge in [-0.3, -0.25) is 4.79 Å². The Labute approximate surface area is 162 Å². The molecule has 0 aliphatic heterocycles. The van der Waals surface area contributed by atoms with Crippen LogP contribution in [0.2, 0.25) is 0 Å². The summed E-state index contributed by atoms with van der Waals surface area (Å²) < 4.78 is 10.9. The van der Waals surface area contributed by atoms with Crippen molar-refractivity contribution in [2.24, 2.45) is 0 Å². The second-order valence-corrected chi connectivity index (χ2v) is 6.61. The molecule has 6 nitrogen and oxygen atoms in total. The Balaban J connectivity index is 1.74. The molecule has 0 radical (unpaired) electrons. The molecule has 1 aromatic heterocycles. The lowest BCUT2D eigenvalue weighted by Crippen LogP contribution is -2.13. The van der Waals surface area contributed by atoms with Crippen LogP contribution in [0.5, 0.6) is 11.5 Å². The van der Waals surface area contributed by atoms with Crippen LogP contribution in [0.15, 0.2) is 47.8 Å². The summed E-state index contributed by atoms with van der Waals surface area (Å²) in [7, 11) is 1.62. The van der Waals surface area contributed by atoms with E-state index in [1.807, 2.05) is 50.2 Å². The van der Waals surface area contributed by atoms with Crippen molar-refractivity contribution < 1.29 is 14.3 Å². The largest absolute Gasteiger partial charge is 0.495 e. The van der Waals surface area contributed by atoms with Crippen molar-refractivity contribution in [2.45, 2.75) is 13.8 Å². The predicted molar refractivity (Wildman–Crippen MR) is 109 cm³/mol. The number of para-hydroxylation sites is 2. The molecule has 0 atom stereocenters. The Bertz CT molecular complexity index is 940. The fraction of sp³-hybridized carbons (Fsp3) is 0.200. The lowest BCUT2D eigenvalue weighted by atomic mass is 10.2. The van der Waals surface area contributed by atoms with E-state index in [1.165, 1.54) is 11.3 Å². The van der Waals surface area contributed by atoms with Crippen LogP contribution in [0.4, 0.5) is 16.5 Å². The number of nitrogens with zero attached hydrogens (tertiary/aromatic N) is 1. The molecule has 7 heteroatoms. The lowest BCUT2D eigenvalue weighted by Gasteiger charge is -2.10. The minimum absolute atomic E-state index is 0.289. The van der Waals surface area contributed by atoms with Gasteiger partial charge >= 0.3 is 0 Å². The van der Waals surface area contributed by atoms with Crippen molar-refractivity contribution in [1.29, 1.82) is 0 Å². The van der Waals surface area contributed by atoms with Crippen molar-refractivity contribution in [3.05, 3.63) is 59.1 Å². The third-order valence-corrected chi connectivity index (χ3v) is 4.53. The smallest absolute Gasteiger partial charge is 0.275 e. The molecule has 0 spiro atoms. The van der Waals surface area contributed by atoms with Gasteiger partial charge in [0.2, 0.25) is 0 Å². The molecule has 2 aromatic carbocycles. The molecular formula is C20H21N3O3S. The average Bonchev–Trinajstić information content (AvgIpc) is 3.12. The second kappa shape index (κ2) is 8.55. The first-order valence-electron chi connectivity index (χ1n) is 8.51. The molecular weight excluding hydrogens is 362 g/mol. The zero-order valence-electron chi connectivity index (χ0n) is 15.4. The minimum atomic E-state index is -0.289. The summed E-state index contributed by atoms with van der Waals surface area (Å²) in [6.07, 6.45) is 0. The van der Waals surface area contributed by atoms with Gasteiger partial charge in [-0.2, -0.15) is 0 Å². The highest BCUT2D eigenvalue weighted by Crippen LogP contribution is 2.30. The average molecular weight is 383 g/mol. The molecule has 0 saturated carbocycles. The van der Waals surface area contributed by atoms with Crippen LogP contribution in [0.1, 0.15) is 23.0 Å². The first-order chi connectivity index (χ1) is 13.1. The van der Waals surface area contributed by atoms with Gasteiger partial charge in [-0.05, 0) is 43.7 Å². The van der Waals surface area contributed by atoms with Crippen LogP contribution in [0.3, 0.4) is 0 Å². The molecule has 1 amide bonds. The highest BCUT2D eigenvalue weighted by atomic mass is 32.1. The molecule has 140 valence electrons. The number of anilines is 3. The van der Waals surface area contributed by atoms with Gasteiger partial charge in [0.1, 0.15) is 17.2 Å². The Hall–Kier alpha value is -3.06. The van der Waals surface area contributed by atoms with E-state index in [0.29, 0.717) is 34.6 Å². The molecule has 2 N–H and O–H groups in total. The van der Waals surface area contributed by atoms with Crippen LogP contribution in [0, 0.1) is 6.92 Å². The van der Waals surface area contributed by atoms with Gasteiger partial charge < -0.3 is 20.1 Å². The highest BCUT2D eigenvalue weighted by Gasteiger charge is 2.14. The van der Waals surface area contributed by atoms with E-state index in [4.69, 9.17) is 9.47 Å². The number of rotatable bonds is 7. The number of aromatic nitrogens is 1. The van der Waals surface area contributed by atoms with Crippen molar-refractivity contribution >= 4 is 33.8 Å². The van der Waals surface area contributed by atoms with E-state index in [1.54, 1.807) is 18.6 Å². The number of ether oxygens (including phenoxy) is 2. The Morgan fingerprint density at radius 2 is 1.96 bits per heavy atom. The number of hydrogen-bond donors (Lipinski definition) is 2. The van der Waals surface area contributed by atoms with E-state index >= 15 is 0 Å². The number of methoxy groups -OCH3 is 1. The molecule has 0 bridgehead atoms. The normalized spacial score (nSPS) is 10.3. The number of thiazole rings is 1. The highest BCUT2D eigenvalue weighted by molar-refractivity contribution is 7.14. The topological polar surface area (TPSA) is 72.5 Å². The van der Waals surface area contributed by atoms with E-state index in [9.17, 15) is 4.79 Å². The summed E-state index contributed by atoms with van der Waals surface area (Å²) in [4.78, 5) is 16.9. The number of carbonyl (C=O) groups is 1. The molecule has 0 unspecified atom stereocenters. The molecule has 0 saturated heterocycles. The van der Waals surface area contributed by atoms with Gasteiger partial charge in [0.25, 0.3) is 5.91 Å². The lowest BCUT2D eigenvalue weighted by molar-refractivity contribution is 0.102. The van der Waals surface area contributed by atoms with Crippen molar-refractivity contribution in [1.82, 2.24) is 4.98 Å². The van der Waals surface area contributed by atoms with Gasteiger partial charge in [-0.15, -0.1) is 11.3 Å². The number of aryl methyl sites for hydroxylation is 1. The third-order valence-electron chi connectivity index (χ3n) is 3.77. The number of carbonyl (C=O) groups excluding carboxylic acids is 1. The molecule has 3 rings (SSSR count). The summed E-state index contributed by atoms with van der Waals surface area (Å²) in [5.74, 6) is 1.06. The van der Waals surface area contributed by atoms with Gasteiger partial charge in [0.15, 0.2) is 5.13 Å². The predicted octanol–water partition coefficient (Wildman–Crippen LogP) is 4.85. The maximum Gasteiger partial charge on any atom is 0.275 e. The molecule has 0 aliphatic rings. The summed E-state index contributed by atoms with van der Waals surface area (Å²) in [5.41, 5.74) is 2.86. The van der Waals surface area contributed by atoms with E-state index < -0.39 is 0 Å². The zero-order valence-corrected chi connectivity index (χ0v) is 16.2. The summed E-state index contributed by atoms with van der Waals surface area (Å²) in [6.45, 7) is 4.42. The van der Waals surface area contributed by atoms with Gasteiger partial charge in [0, 0.05) is 5.38 Å². The summed E-state index contributed by atoms with van der Waals surface area (Å²) in [6, 6.07) is 13.2. The maximum atomic E-state index is 12.5. The Morgan fingerprint density at radius 1 is 1.15 bits per heavy atom. The number of amides is 1. The number of hydrogen-bond acceptors (Lipinski definition) is 6. The Kier molecular flexibility index (Phi) is 5.93. The van der Waals surface area contributed by atoms with Crippen molar-refractivity contribution in [3.8, 4) is 11.5 Å². The van der Waals surface area contributed by atoms with E-state index in [2.05, 4.69) is 15.6 Å². The van der Waals surface area contributed by atoms with Crippen LogP contribution in [-0.2, 0) is 0 Å². The van der Waals surface area contributed by atoms with E-state index in [0.717, 1.165) is 11.3 Å². The second-order valence-electron chi connectivity index (χ2n) is 5.75.